The van der Waals surface area contributed by atoms with Gasteiger partial charge in [-0.2, -0.15) is 0 Å². The number of carbonyl (C=O) groups is 1. The van der Waals surface area contributed by atoms with E-state index in [0.29, 0.717) is 35.3 Å². The van der Waals surface area contributed by atoms with Crippen molar-refractivity contribution in [2.24, 2.45) is 5.92 Å². The SMILES string of the molecule is Cc1nc(CC2CC2)n(Cc2ccc3oc(-c4ccccc4-c4nnn[nH]4)c(Br)c3c2)c1OC(=O)O. The molecule has 1 saturated carbocycles. The Morgan fingerprint density at radius 1 is 1.25 bits per heavy atom. The van der Waals surface area contributed by atoms with E-state index in [1.165, 1.54) is 12.8 Å². The Hall–Kier alpha value is -3.99. The van der Waals surface area contributed by atoms with Crippen molar-refractivity contribution in [2.75, 3.05) is 0 Å². The molecule has 1 aliphatic rings. The molecule has 1 aliphatic carbocycles. The molecule has 1 fully saturated rings. The average Bonchev–Trinajstić information content (AvgIpc) is 3.28. The molecule has 3 aromatic heterocycles. The number of tetrazole rings is 1. The van der Waals surface area contributed by atoms with Crippen LogP contribution < -0.4 is 4.74 Å². The van der Waals surface area contributed by atoms with Gasteiger partial charge in [0, 0.05) is 22.9 Å². The minimum Gasteiger partial charge on any atom is -0.455 e. The maximum atomic E-state index is 11.3. The molecule has 2 aromatic carbocycles. The molecule has 2 N–H and O–H groups in total. The average molecular weight is 549 g/mol. The highest BCUT2D eigenvalue weighted by atomic mass is 79.9. The quantitative estimate of drug-likeness (QED) is 0.251. The van der Waals surface area contributed by atoms with Crippen molar-refractivity contribution in [3.63, 3.8) is 0 Å². The van der Waals surface area contributed by atoms with Crippen LogP contribution in [0.15, 0.2) is 51.4 Å². The predicted octanol–water partition coefficient (Wildman–Crippen LogP) is 5.60. The summed E-state index contributed by atoms with van der Waals surface area (Å²) in [5.74, 6) is 2.91. The number of fused-ring (bicyclic) bond motifs is 1. The van der Waals surface area contributed by atoms with E-state index in [-0.39, 0.29) is 5.88 Å². The second kappa shape index (κ2) is 8.90. The lowest BCUT2D eigenvalue weighted by atomic mass is 10.0. The third-order valence-electron chi connectivity index (χ3n) is 6.32. The number of imidazole rings is 1. The number of aromatic amines is 1. The minimum atomic E-state index is -1.35. The van der Waals surface area contributed by atoms with E-state index in [2.05, 4.69) is 41.5 Å². The largest absolute Gasteiger partial charge is 0.512 e. The van der Waals surface area contributed by atoms with E-state index < -0.39 is 6.16 Å². The zero-order valence-corrected chi connectivity index (χ0v) is 20.8. The topological polar surface area (TPSA) is 132 Å². The van der Waals surface area contributed by atoms with Gasteiger partial charge in [-0.25, -0.2) is 14.9 Å². The Kier molecular flexibility index (Phi) is 5.56. The maximum absolute atomic E-state index is 11.3. The molecule has 10 nitrogen and oxygen atoms in total. The predicted molar refractivity (Wildman–Crippen MR) is 134 cm³/mol. The minimum absolute atomic E-state index is 0.264. The second-order valence-electron chi connectivity index (χ2n) is 8.89. The van der Waals surface area contributed by atoms with Gasteiger partial charge in [-0.1, -0.05) is 30.3 Å². The fourth-order valence-electron chi connectivity index (χ4n) is 4.45. The molecule has 5 aromatic rings. The molecule has 0 saturated heterocycles. The lowest BCUT2D eigenvalue weighted by Gasteiger charge is -2.11. The van der Waals surface area contributed by atoms with Crippen LogP contribution in [0.25, 0.3) is 33.7 Å². The smallest absolute Gasteiger partial charge is 0.455 e. The van der Waals surface area contributed by atoms with Crippen LogP contribution in [0.1, 0.15) is 29.9 Å². The van der Waals surface area contributed by atoms with Gasteiger partial charge in [0.1, 0.15) is 22.9 Å². The van der Waals surface area contributed by atoms with Gasteiger partial charge in [-0.3, -0.25) is 4.57 Å². The first-order valence-corrected chi connectivity index (χ1v) is 12.3. The van der Waals surface area contributed by atoms with Gasteiger partial charge >= 0.3 is 6.16 Å². The number of rotatable bonds is 7. The normalized spacial score (nSPS) is 13.4. The van der Waals surface area contributed by atoms with E-state index in [0.717, 1.165) is 38.8 Å². The van der Waals surface area contributed by atoms with Gasteiger partial charge in [0.2, 0.25) is 5.88 Å². The van der Waals surface area contributed by atoms with E-state index in [1.807, 2.05) is 47.0 Å². The van der Waals surface area contributed by atoms with Crippen LogP contribution >= 0.6 is 15.9 Å². The first kappa shape index (κ1) is 22.5. The molecule has 182 valence electrons. The zero-order valence-electron chi connectivity index (χ0n) is 19.2. The third kappa shape index (κ3) is 4.15. The number of hydrogen-bond acceptors (Lipinski definition) is 7. The number of benzene rings is 2. The number of H-pyrrole nitrogens is 1. The number of hydrogen-bond donors (Lipinski definition) is 2. The van der Waals surface area contributed by atoms with Gasteiger partial charge in [0.25, 0.3) is 0 Å². The van der Waals surface area contributed by atoms with Crippen LogP contribution in [-0.4, -0.2) is 41.4 Å². The highest BCUT2D eigenvalue weighted by molar-refractivity contribution is 9.10. The van der Waals surface area contributed by atoms with E-state index in [1.54, 1.807) is 6.92 Å². The number of halogens is 1. The van der Waals surface area contributed by atoms with Gasteiger partial charge in [-0.05, 0) is 69.7 Å². The molecular weight excluding hydrogens is 528 g/mol. The van der Waals surface area contributed by atoms with Crippen molar-refractivity contribution in [3.8, 4) is 28.6 Å². The Bertz CT molecular complexity index is 1590. The van der Waals surface area contributed by atoms with Crippen molar-refractivity contribution in [3.05, 3.63) is 64.0 Å². The lowest BCUT2D eigenvalue weighted by Crippen LogP contribution is -2.12. The summed E-state index contributed by atoms with van der Waals surface area (Å²) in [4.78, 5) is 16.0. The first-order valence-electron chi connectivity index (χ1n) is 11.5. The zero-order chi connectivity index (χ0) is 24.8. The first-order chi connectivity index (χ1) is 17.5. The Balaban J connectivity index is 1.40. The molecule has 0 amide bonds. The van der Waals surface area contributed by atoms with Crippen LogP contribution in [0.3, 0.4) is 0 Å². The summed E-state index contributed by atoms with van der Waals surface area (Å²) in [5.41, 5.74) is 3.91. The highest BCUT2D eigenvalue weighted by Gasteiger charge is 2.27. The molecule has 0 spiro atoms. The molecule has 0 aliphatic heterocycles. The lowest BCUT2D eigenvalue weighted by molar-refractivity contribution is 0.140. The molecule has 0 bridgehead atoms. The molecule has 11 heteroatoms. The number of nitrogens with one attached hydrogen (secondary N) is 1. The molecule has 6 rings (SSSR count). The second-order valence-corrected chi connectivity index (χ2v) is 9.68. The van der Waals surface area contributed by atoms with Crippen molar-refractivity contribution in [1.29, 1.82) is 0 Å². The van der Waals surface area contributed by atoms with Crippen molar-refractivity contribution in [1.82, 2.24) is 30.2 Å². The number of aromatic nitrogens is 6. The molecule has 0 unspecified atom stereocenters. The molecular formula is C25H21BrN6O4. The van der Waals surface area contributed by atoms with E-state index in [4.69, 9.17) is 9.15 Å². The molecule has 36 heavy (non-hydrogen) atoms. The number of aryl methyl sites for hydroxylation is 1. The maximum Gasteiger partial charge on any atom is 0.512 e. The third-order valence-corrected chi connectivity index (χ3v) is 7.11. The highest BCUT2D eigenvalue weighted by Crippen LogP contribution is 2.41. The summed E-state index contributed by atoms with van der Waals surface area (Å²) >= 11 is 3.74. The number of carboxylic acid groups (broad SMARTS) is 1. The molecule has 3 heterocycles. The number of furan rings is 1. The van der Waals surface area contributed by atoms with Gasteiger partial charge in [0.15, 0.2) is 5.82 Å². The summed E-state index contributed by atoms with van der Waals surface area (Å²) in [7, 11) is 0. The Morgan fingerprint density at radius 3 is 2.78 bits per heavy atom. The van der Waals surface area contributed by atoms with E-state index >= 15 is 0 Å². The number of ether oxygens (including phenoxy) is 1. The van der Waals surface area contributed by atoms with Gasteiger partial charge in [-0.15, -0.1) is 5.10 Å². The van der Waals surface area contributed by atoms with Crippen LogP contribution in [0.5, 0.6) is 5.88 Å². The summed E-state index contributed by atoms with van der Waals surface area (Å²) < 4.78 is 14.0. The van der Waals surface area contributed by atoms with Crippen LogP contribution in [0, 0.1) is 12.8 Å². The fourth-order valence-corrected chi connectivity index (χ4v) is 5.06. The standard InChI is InChI=1S/C25H21BrN6O4/c1-13-24(36-25(33)34)32(20(27-13)11-14-6-7-14)12-15-8-9-19-18(10-15)21(26)22(35-19)16-4-2-3-5-17(16)23-28-30-31-29-23/h2-5,8-10,14H,6-7,11-12H2,1H3,(H,33,34)(H,28,29,30,31). The fraction of sp³-hybridized carbons (Fsp3) is 0.240. The molecule has 0 radical (unpaired) electrons. The van der Waals surface area contributed by atoms with Crippen molar-refractivity contribution in [2.45, 2.75) is 32.7 Å². The molecule has 0 atom stereocenters. The van der Waals surface area contributed by atoms with Crippen LogP contribution in [0.2, 0.25) is 0 Å². The monoisotopic (exact) mass is 548 g/mol. The van der Waals surface area contributed by atoms with Gasteiger partial charge < -0.3 is 14.3 Å². The van der Waals surface area contributed by atoms with Crippen molar-refractivity contribution < 1.29 is 19.1 Å². The van der Waals surface area contributed by atoms with Gasteiger partial charge in [0.05, 0.1) is 11.0 Å². The number of nitrogens with zero attached hydrogens (tertiary/aromatic N) is 5. The summed E-state index contributed by atoms with van der Waals surface area (Å²) in [5, 5.41) is 24.4. The summed E-state index contributed by atoms with van der Waals surface area (Å²) in [6.45, 7) is 2.20. The van der Waals surface area contributed by atoms with Crippen LogP contribution in [-0.2, 0) is 13.0 Å². The summed E-state index contributed by atoms with van der Waals surface area (Å²) in [6.07, 6.45) is 1.79. The van der Waals surface area contributed by atoms with E-state index in [9.17, 15) is 9.90 Å². The van der Waals surface area contributed by atoms with Crippen molar-refractivity contribution >= 4 is 33.1 Å². The Labute approximate surface area is 213 Å². The Morgan fingerprint density at radius 2 is 2.06 bits per heavy atom. The summed E-state index contributed by atoms with van der Waals surface area (Å²) in [6, 6.07) is 13.6. The van der Waals surface area contributed by atoms with Crippen LogP contribution in [0.4, 0.5) is 4.79 Å².